The highest BCUT2D eigenvalue weighted by atomic mass is 35.5. The number of halogens is 1. The van der Waals surface area contributed by atoms with Crippen molar-refractivity contribution in [2.45, 2.75) is 13.8 Å². The smallest absolute Gasteiger partial charge is 0.319 e. The average molecular weight is 413 g/mol. The van der Waals surface area contributed by atoms with Crippen LogP contribution >= 0.6 is 11.6 Å². The molecule has 3 N–H and O–H groups in total. The molecule has 150 valence electrons. The number of aryl methyl sites for hydroxylation is 1. The van der Waals surface area contributed by atoms with Gasteiger partial charge in [0, 0.05) is 36.8 Å². The van der Waals surface area contributed by atoms with Crippen molar-refractivity contribution in [3.8, 4) is 11.5 Å². The molecule has 3 amide bonds. The summed E-state index contributed by atoms with van der Waals surface area (Å²) in [6.45, 7) is 4.18. The number of hydrogen-bond acceptors (Lipinski definition) is 4. The van der Waals surface area contributed by atoms with Crippen LogP contribution in [0.15, 0.2) is 42.6 Å². The zero-order chi connectivity index (χ0) is 21.0. The van der Waals surface area contributed by atoms with E-state index in [2.05, 4.69) is 20.9 Å². The summed E-state index contributed by atoms with van der Waals surface area (Å²) in [5, 5.41) is 9.06. The molecule has 0 aliphatic heterocycles. The number of hydrogen-bond donors (Lipinski definition) is 3. The molecule has 29 heavy (non-hydrogen) atoms. The third-order valence-corrected chi connectivity index (χ3v) is 4.60. The number of anilines is 1. The normalized spacial score (nSPS) is 10.5. The predicted octanol–water partition coefficient (Wildman–Crippen LogP) is 4.49. The van der Waals surface area contributed by atoms with Crippen molar-refractivity contribution in [1.29, 1.82) is 0 Å². The van der Waals surface area contributed by atoms with Gasteiger partial charge < -0.3 is 20.7 Å². The summed E-state index contributed by atoms with van der Waals surface area (Å²) in [4.78, 5) is 28.3. The molecule has 3 rings (SSSR count). The number of pyridine rings is 1. The molecule has 2 aromatic carbocycles. The van der Waals surface area contributed by atoms with Gasteiger partial charge in [-0.15, -0.1) is 0 Å². The number of ether oxygens (including phenoxy) is 1. The van der Waals surface area contributed by atoms with Crippen LogP contribution < -0.4 is 20.7 Å². The van der Waals surface area contributed by atoms with Crippen molar-refractivity contribution in [3.05, 3.63) is 58.7 Å². The lowest BCUT2D eigenvalue weighted by Gasteiger charge is -2.13. The molecule has 1 heterocycles. The second kappa shape index (κ2) is 8.79. The van der Waals surface area contributed by atoms with Gasteiger partial charge >= 0.3 is 6.03 Å². The first kappa shape index (κ1) is 20.4. The topological polar surface area (TPSA) is 92.3 Å². The van der Waals surface area contributed by atoms with Gasteiger partial charge in [0.1, 0.15) is 11.5 Å². The van der Waals surface area contributed by atoms with Crippen molar-refractivity contribution in [1.82, 2.24) is 15.6 Å². The molecule has 0 aliphatic rings. The van der Waals surface area contributed by atoms with Crippen molar-refractivity contribution < 1.29 is 14.3 Å². The van der Waals surface area contributed by atoms with E-state index in [4.69, 9.17) is 16.3 Å². The van der Waals surface area contributed by atoms with Crippen molar-refractivity contribution >= 4 is 40.1 Å². The van der Waals surface area contributed by atoms with Gasteiger partial charge in [0.05, 0.1) is 16.2 Å². The third kappa shape index (κ3) is 4.57. The maximum absolute atomic E-state index is 12.2. The Balaban J connectivity index is 1.98. The Morgan fingerprint density at radius 3 is 2.69 bits per heavy atom. The summed E-state index contributed by atoms with van der Waals surface area (Å²) in [5.74, 6) is 0.835. The number of amides is 3. The van der Waals surface area contributed by atoms with Gasteiger partial charge in [0.15, 0.2) is 0 Å². The number of rotatable bonds is 5. The summed E-state index contributed by atoms with van der Waals surface area (Å²) < 4.78 is 6.04. The van der Waals surface area contributed by atoms with Crippen LogP contribution in [0, 0.1) is 6.92 Å². The number of urea groups is 1. The van der Waals surface area contributed by atoms with Crippen LogP contribution in [0.5, 0.6) is 11.5 Å². The average Bonchev–Trinajstić information content (AvgIpc) is 2.69. The Morgan fingerprint density at radius 2 is 1.97 bits per heavy atom. The molecule has 0 fully saturated rings. The van der Waals surface area contributed by atoms with Crippen molar-refractivity contribution in [2.24, 2.45) is 0 Å². The molecule has 0 radical (unpaired) electrons. The van der Waals surface area contributed by atoms with Gasteiger partial charge in [0.25, 0.3) is 5.91 Å². The van der Waals surface area contributed by atoms with Gasteiger partial charge in [-0.1, -0.05) is 11.6 Å². The maximum atomic E-state index is 12.2. The Hall–Kier alpha value is -3.32. The number of carbonyl (C=O) groups excluding carboxylic acids is 2. The van der Waals surface area contributed by atoms with Gasteiger partial charge in [0.2, 0.25) is 0 Å². The molecular weight excluding hydrogens is 392 g/mol. The van der Waals surface area contributed by atoms with Crippen LogP contribution in [-0.2, 0) is 0 Å². The van der Waals surface area contributed by atoms with E-state index in [9.17, 15) is 9.59 Å². The largest absolute Gasteiger partial charge is 0.457 e. The predicted molar refractivity (Wildman–Crippen MR) is 114 cm³/mol. The monoisotopic (exact) mass is 412 g/mol. The Morgan fingerprint density at radius 1 is 1.17 bits per heavy atom. The van der Waals surface area contributed by atoms with E-state index < -0.39 is 0 Å². The second-order valence-electron chi connectivity index (χ2n) is 6.30. The van der Waals surface area contributed by atoms with Crippen LogP contribution in [0.2, 0.25) is 5.02 Å². The van der Waals surface area contributed by atoms with Crippen LogP contribution in [0.1, 0.15) is 22.8 Å². The molecule has 0 atom stereocenters. The first-order valence-electron chi connectivity index (χ1n) is 9.06. The highest BCUT2D eigenvalue weighted by Crippen LogP contribution is 2.33. The number of carbonyl (C=O) groups is 2. The Labute approximate surface area is 173 Å². The number of nitrogens with one attached hydrogen (secondary N) is 3. The van der Waals surface area contributed by atoms with E-state index in [1.807, 2.05) is 19.9 Å². The number of aromatic nitrogens is 1. The number of fused-ring (bicyclic) bond motifs is 1. The Kier molecular flexibility index (Phi) is 6.19. The fraction of sp³-hybridized carbons (Fsp3) is 0.190. The molecule has 0 bridgehead atoms. The molecule has 0 aliphatic carbocycles. The summed E-state index contributed by atoms with van der Waals surface area (Å²) in [6.07, 6.45) is 1.64. The highest BCUT2D eigenvalue weighted by Gasteiger charge is 2.13. The van der Waals surface area contributed by atoms with Crippen molar-refractivity contribution in [2.75, 3.05) is 18.9 Å². The van der Waals surface area contributed by atoms with Crippen LogP contribution in [0.25, 0.3) is 10.9 Å². The zero-order valence-electron chi connectivity index (χ0n) is 16.3. The fourth-order valence-electron chi connectivity index (χ4n) is 2.86. The first-order chi connectivity index (χ1) is 13.9. The summed E-state index contributed by atoms with van der Waals surface area (Å²) in [5.41, 5.74) is 2.51. The fourth-order valence-corrected chi connectivity index (χ4v) is 3.02. The minimum absolute atomic E-state index is 0.181. The van der Waals surface area contributed by atoms with Crippen LogP contribution in [0.3, 0.4) is 0 Å². The summed E-state index contributed by atoms with van der Waals surface area (Å²) in [7, 11) is 1.59. The minimum atomic E-state index is -0.355. The van der Waals surface area contributed by atoms with E-state index in [0.717, 1.165) is 5.56 Å². The van der Waals surface area contributed by atoms with Gasteiger partial charge in [-0.2, -0.15) is 0 Å². The summed E-state index contributed by atoms with van der Waals surface area (Å²) in [6, 6.07) is 9.94. The quantitative estimate of drug-likeness (QED) is 0.575. The minimum Gasteiger partial charge on any atom is -0.457 e. The van der Waals surface area contributed by atoms with E-state index in [1.165, 1.54) is 0 Å². The van der Waals surface area contributed by atoms with Gasteiger partial charge in [-0.3, -0.25) is 9.78 Å². The molecule has 0 saturated heterocycles. The lowest BCUT2D eigenvalue weighted by Crippen LogP contribution is -2.28. The van der Waals surface area contributed by atoms with Gasteiger partial charge in [-0.05, 0) is 49.7 Å². The molecule has 0 spiro atoms. The molecule has 8 heteroatoms. The van der Waals surface area contributed by atoms with Gasteiger partial charge in [-0.25, -0.2) is 4.79 Å². The van der Waals surface area contributed by atoms with E-state index in [0.29, 0.717) is 45.2 Å². The second-order valence-corrected chi connectivity index (χ2v) is 6.71. The SMILES string of the molecule is CCNC(=O)Nc1cc(Oc2ccnc3cc(C)c(C(=O)NC)cc23)ccc1Cl. The summed E-state index contributed by atoms with van der Waals surface area (Å²) >= 11 is 6.18. The number of benzene rings is 2. The lowest BCUT2D eigenvalue weighted by atomic mass is 10.0. The third-order valence-electron chi connectivity index (χ3n) is 4.27. The molecule has 0 unspecified atom stereocenters. The number of nitrogens with zero attached hydrogens (tertiary/aromatic N) is 1. The Bertz CT molecular complexity index is 1080. The highest BCUT2D eigenvalue weighted by molar-refractivity contribution is 6.33. The molecule has 7 nitrogen and oxygen atoms in total. The van der Waals surface area contributed by atoms with E-state index >= 15 is 0 Å². The van der Waals surface area contributed by atoms with E-state index in [-0.39, 0.29) is 11.9 Å². The molecular formula is C21H21ClN4O3. The van der Waals surface area contributed by atoms with Crippen molar-refractivity contribution in [3.63, 3.8) is 0 Å². The molecule has 0 saturated carbocycles. The molecule has 3 aromatic rings. The van der Waals surface area contributed by atoms with E-state index in [1.54, 1.807) is 43.6 Å². The van der Waals surface area contributed by atoms with Crippen LogP contribution in [-0.4, -0.2) is 30.5 Å². The first-order valence-corrected chi connectivity index (χ1v) is 9.44. The molecule has 1 aromatic heterocycles. The zero-order valence-corrected chi connectivity index (χ0v) is 17.1. The lowest BCUT2D eigenvalue weighted by molar-refractivity contribution is 0.0962. The van der Waals surface area contributed by atoms with Crippen LogP contribution in [0.4, 0.5) is 10.5 Å². The standard InChI is InChI=1S/C21H21ClN4O3/c1-4-24-21(28)26-18-10-13(5-6-16(18)22)29-19-7-8-25-17-9-12(2)14(11-15(17)19)20(27)23-3/h5-11H,4H2,1-3H3,(H,23,27)(H2,24,26,28). The maximum Gasteiger partial charge on any atom is 0.319 e.